The fraction of sp³-hybridized carbons (Fsp3) is 0.381. The molecule has 3 heterocycles. The monoisotopic (exact) mass is 430 g/mol. The van der Waals surface area contributed by atoms with E-state index in [-0.39, 0.29) is 18.5 Å². The summed E-state index contributed by atoms with van der Waals surface area (Å²) < 4.78 is 26.4. The van der Waals surface area contributed by atoms with Crippen molar-refractivity contribution >= 4 is 11.8 Å². The Kier molecular flexibility index (Phi) is 7.06. The average Bonchev–Trinajstić information content (AvgIpc) is 3.43. The summed E-state index contributed by atoms with van der Waals surface area (Å²) in [6.45, 7) is 1.51. The molecule has 3 aromatic rings. The fourth-order valence-corrected chi connectivity index (χ4v) is 4.06. The molecule has 1 aliphatic heterocycles. The van der Waals surface area contributed by atoms with Gasteiger partial charge in [0.05, 0.1) is 25.4 Å². The molecule has 0 spiro atoms. The molecule has 0 aliphatic carbocycles. The van der Waals surface area contributed by atoms with Crippen molar-refractivity contribution in [2.75, 3.05) is 25.6 Å². The van der Waals surface area contributed by atoms with E-state index in [0.29, 0.717) is 23.3 Å². The topological polar surface area (TPSA) is 82.3 Å². The number of rotatable bonds is 9. The zero-order valence-electron chi connectivity index (χ0n) is 16.4. The van der Waals surface area contributed by atoms with E-state index in [1.807, 2.05) is 16.7 Å². The average molecular weight is 431 g/mol. The van der Waals surface area contributed by atoms with Crippen LogP contribution in [0.2, 0.25) is 0 Å². The van der Waals surface area contributed by atoms with Crippen molar-refractivity contribution in [3.8, 4) is 17.1 Å². The summed E-state index contributed by atoms with van der Waals surface area (Å²) in [6.07, 6.45) is 4.91. The summed E-state index contributed by atoms with van der Waals surface area (Å²) in [5.41, 5.74) is 1.58. The molecule has 0 bridgehead atoms. The summed E-state index contributed by atoms with van der Waals surface area (Å²) >= 11 is 1.37. The maximum Gasteiger partial charge on any atom is 0.196 e. The largest absolute Gasteiger partial charge is 0.390 e. The Morgan fingerprint density at radius 1 is 1.20 bits per heavy atom. The van der Waals surface area contributed by atoms with Gasteiger partial charge in [-0.15, -0.1) is 10.2 Å². The van der Waals surface area contributed by atoms with E-state index < -0.39 is 6.10 Å². The van der Waals surface area contributed by atoms with Crippen molar-refractivity contribution in [2.45, 2.75) is 30.2 Å². The number of aromatic nitrogens is 4. The number of ether oxygens (including phenoxy) is 2. The van der Waals surface area contributed by atoms with Crippen LogP contribution in [0.5, 0.6) is 0 Å². The summed E-state index contributed by atoms with van der Waals surface area (Å²) in [5, 5.41) is 19.5. The lowest BCUT2D eigenvalue weighted by Gasteiger charge is -2.14. The van der Waals surface area contributed by atoms with Gasteiger partial charge in [0.25, 0.3) is 0 Å². The van der Waals surface area contributed by atoms with E-state index >= 15 is 0 Å². The van der Waals surface area contributed by atoms with E-state index in [2.05, 4.69) is 15.2 Å². The molecule has 1 saturated heterocycles. The van der Waals surface area contributed by atoms with Crippen LogP contribution in [0.15, 0.2) is 53.9 Å². The third-order valence-electron chi connectivity index (χ3n) is 4.70. The van der Waals surface area contributed by atoms with Gasteiger partial charge in [0, 0.05) is 36.0 Å². The summed E-state index contributed by atoms with van der Waals surface area (Å²) in [5.74, 6) is 0.696. The number of benzene rings is 1. The van der Waals surface area contributed by atoms with Gasteiger partial charge in [0.15, 0.2) is 11.0 Å². The molecule has 0 saturated carbocycles. The van der Waals surface area contributed by atoms with Crippen LogP contribution in [0.1, 0.15) is 12.8 Å². The van der Waals surface area contributed by atoms with Crippen molar-refractivity contribution in [3.63, 3.8) is 0 Å². The normalized spacial score (nSPS) is 17.3. The Morgan fingerprint density at radius 2 is 2.00 bits per heavy atom. The van der Waals surface area contributed by atoms with E-state index in [1.54, 1.807) is 24.5 Å². The number of hydrogen-bond donors (Lipinski definition) is 1. The number of aliphatic hydroxyl groups is 1. The smallest absolute Gasteiger partial charge is 0.196 e. The minimum atomic E-state index is -0.654. The molecule has 2 aromatic heterocycles. The van der Waals surface area contributed by atoms with E-state index in [1.165, 1.54) is 23.9 Å². The lowest BCUT2D eigenvalue weighted by Crippen LogP contribution is -2.22. The Labute approximate surface area is 178 Å². The summed E-state index contributed by atoms with van der Waals surface area (Å²) in [4.78, 5) is 4.04. The minimum Gasteiger partial charge on any atom is -0.390 e. The molecule has 9 heteroatoms. The Bertz CT molecular complexity index is 933. The van der Waals surface area contributed by atoms with Gasteiger partial charge < -0.3 is 14.6 Å². The van der Waals surface area contributed by atoms with E-state index in [0.717, 1.165) is 30.7 Å². The zero-order chi connectivity index (χ0) is 20.8. The summed E-state index contributed by atoms with van der Waals surface area (Å²) in [7, 11) is 0. The first-order valence-corrected chi connectivity index (χ1v) is 10.8. The number of nitrogens with zero attached hydrogens (tertiary/aromatic N) is 4. The van der Waals surface area contributed by atoms with Gasteiger partial charge in [0.2, 0.25) is 0 Å². The SMILES string of the molecule is OC(COCC1CCCO1)CSc1nnc(-c2ccncc2)n1-c1ccc(F)cc1. The predicted molar refractivity (Wildman–Crippen MR) is 111 cm³/mol. The molecule has 1 aromatic carbocycles. The first-order valence-electron chi connectivity index (χ1n) is 9.82. The van der Waals surface area contributed by atoms with Crippen molar-refractivity contribution in [1.82, 2.24) is 19.7 Å². The Balaban J connectivity index is 1.45. The molecule has 4 rings (SSSR count). The van der Waals surface area contributed by atoms with Crippen molar-refractivity contribution in [2.24, 2.45) is 0 Å². The first-order chi connectivity index (χ1) is 14.7. The second kappa shape index (κ2) is 10.1. The maximum absolute atomic E-state index is 13.4. The van der Waals surface area contributed by atoms with Crippen LogP contribution in [0.25, 0.3) is 17.1 Å². The molecule has 7 nitrogen and oxygen atoms in total. The van der Waals surface area contributed by atoms with Gasteiger partial charge in [0.1, 0.15) is 5.82 Å². The molecule has 1 N–H and O–H groups in total. The Morgan fingerprint density at radius 3 is 2.73 bits per heavy atom. The first kappa shape index (κ1) is 20.9. The molecule has 1 fully saturated rings. The number of aliphatic hydroxyl groups excluding tert-OH is 1. The molecule has 1 aliphatic rings. The zero-order valence-corrected chi connectivity index (χ0v) is 17.2. The second-order valence-electron chi connectivity index (χ2n) is 6.99. The third-order valence-corrected chi connectivity index (χ3v) is 5.77. The van der Waals surface area contributed by atoms with Crippen molar-refractivity contribution < 1.29 is 19.0 Å². The minimum absolute atomic E-state index is 0.134. The molecule has 158 valence electrons. The van der Waals surface area contributed by atoms with E-state index in [9.17, 15) is 9.50 Å². The molecular weight excluding hydrogens is 407 g/mol. The number of hydrogen-bond acceptors (Lipinski definition) is 7. The third kappa shape index (κ3) is 5.23. The second-order valence-corrected chi connectivity index (χ2v) is 7.98. The molecule has 30 heavy (non-hydrogen) atoms. The number of pyridine rings is 1. The van der Waals surface area contributed by atoms with Gasteiger partial charge in [-0.2, -0.15) is 0 Å². The fourth-order valence-electron chi connectivity index (χ4n) is 3.20. The van der Waals surface area contributed by atoms with Gasteiger partial charge in [-0.05, 0) is 49.2 Å². The van der Waals surface area contributed by atoms with Gasteiger partial charge in [-0.25, -0.2) is 4.39 Å². The highest BCUT2D eigenvalue weighted by molar-refractivity contribution is 7.99. The number of thioether (sulfide) groups is 1. The lowest BCUT2D eigenvalue weighted by molar-refractivity contribution is -0.0114. The van der Waals surface area contributed by atoms with E-state index in [4.69, 9.17) is 9.47 Å². The van der Waals surface area contributed by atoms with Crippen LogP contribution in [0, 0.1) is 5.82 Å². The van der Waals surface area contributed by atoms with Crippen LogP contribution in [-0.4, -0.2) is 62.6 Å². The number of halogens is 1. The molecule has 2 unspecified atom stereocenters. The quantitative estimate of drug-likeness (QED) is 0.522. The lowest BCUT2D eigenvalue weighted by atomic mass is 10.2. The Hall–Kier alpha value is -2.33. The standard InChI is InChI=1S/C21H23FN4O3S/c22-16-3-5-17(6-4-16)26-20(15-7-9-23-10-8-15)24-25-21(26)30-14-18(27)12-28-13-19-2-1-11-29-19/h3-10,18-19,27H,1-2,11-14H2. The van der Waals surface area contributed by atoms with Crippen LogP contribution in [0.4, 0.5) is 4.39 Å². The molecule has 2 atom stereocenters. The van der Waals surface area contributed by atoms with Gasteiger partial charge >= 0.3 is 0 Å². The highest BCUT2D eigenvalue weighted by atomic mass is 32.2. The highest BCUT2D eigenvalue weighted by Gasteiger charge is 2.19. The predicted octanol–water partition coefficient (Wildman–Crippen LogP) is 3.12. The molecule has 0 amide bonds. The van der Waals surface area contributed by atoms with Crippen LogP contribution in [0.3, 0.4) is 0 Å². The molecule has 0 radical (unpaired) electrons. The molecular formula is C21H23FN4O3S. The summed E-state index contributed by atoms with van der Waals surface area (Å²) in [6, 6.07) is 9.82. The van der Waals surface area contributed by atoms with Crippen LogP contribution >= 0.6 is 11.8 Å². The highest BCUT2D eigenvalue weighted by Crippen LogP contribution is 2.28. The maximum atomic E-state index is 13.4. The van der Waals surface area contributed by atoms with Crippen molar-refractivity contribution in [1.29, 1.82) is 0 Å². The van der Waals surface area contributed by atoms with Gasteiger partial charge in [-0.3, -0.25) is 9.55 Å². The van der Waals surface area contributed by atoms with Crippen LogP contribution < -0.4 is 0 Å². The van der Waals surface area contributed by atoms with Crippen molar-refractivity contribution in [3.05, 3.63) is 54.6 Å². The van der Waals surface area contributed by atoms with Gasteiger partial charge in [-0.1, -0.05) is 11.8 Å². The van der Waals surface area contributed by atoms with Crippen LogP contribution in [-0.2, 0) is 9.47 Å².